The molecule has 11 rings (SSSR count). The molecule has 0 unspecified atom stereocenters. The summed E-state index contributed by atoms with van der Waals surface area (Å²) >= 11 is 0. The van der Waals surface area contributed by atoms with Crippen molar-refractivity contribution in [3.05, 3.63) is 182 Å². The van der Waals surface area contributed by atoms with E-state index in [9.17, 15) is 0 Å². The highest BCUT2D eigenvalue weighted by atomic mass is 16.3. The molecule has 5 nitrogen and oxygen atoms in total. The lowest BCUT2D eigenvalue weighted by Crippen LogP contribution is -2.00. The molecule has 0 aliphatic carbocycles. The van der Waals surface area contributed by atoms with E-state index in [2.05, 4.69) is 126 Å². The predicted octanol–water partition coefficient (Wildman–Crippen LogP) is 12.7. The highest BCUT2D eigenvalue weighted by molar-refractivity contribution is 6.23. The third-order valence-corrected chi connectivity index (χ3v) is 10.4. The Labute approximate surface area is 310 Å². The van der Waals surface area contributed by atoms with Crippen LogP contribution in [0, 0.1) is 0 Å². The molecule has 0 saturated heterocycles. The van der Waals surface area contributed by atoms with E-state index < -0.39 is 0 Å². The molecule has 0 fully saturated rings. The number of hydrogen-bond donors (Lipinski definition) is 0. The van der Waals surface area contributed by atoms with Crippen LogP contribution in [0.15, 0.2) is 186 Å². The fraction of sp³-hybridized carbons (Fsp3) is 0. The summed E-state index contributed by atoms with van der Waals surface area (Å²) in [5.41, 5.74) is 9.95. The third-order valence-electron chi connectivity index (χ3n) is 10.4. The van der Waals surface area contributed by atoms with E-state index in [1.807, 2.05) is 60.7 Å². The Morgan fingerprint density at radius 1 is 0.370 bits per heavy atom. The Hall–Kier alpha value is -7.37. The van der Waals surface area contributed by atoms with Crippen molar-refractivity contribution in [2.45, 2.75) is 0 Å². The Balaban J connectivity index is 1.11. The molecule has 0 amide bonds. The first-order chi connectivity index (χ1) is 26.8. The van der Waals surface area contributed by atoms with Crippen molar-refractivity contribution in [1.29, 1.82) is 0 Å². The molecule has 0 spiro atoms. The summed E-state index contributed by atoms with van der Waals surface area (Å²) < 4.78 is 9.30. The van der Waals surface area contributed by atoms with Gasteiger partial charge in [-0.1, -0.05) is 152 Å². The second kappa shape index (κ2) is 12.1. The fourth-order valence-corrected chi connectivity index (χ4v) is 8.01. The van der Waals surface area contributed by atoms with Gasteiger partial charge in [-0.2, -0.15) is 0 Å². The molecule has 0 aliphatic heterocycles. The number of benzene rings is 8. The van der Waals surface area contributed by atoms with Gasteiger partial charge in [0.1, 0.15) is 5.58 Å². The van der Waals surface area contributed by atoms with Crippen LogP contribution in [0.1, 0.15) is 0 Å². The smallest absolute Gasteiger partial charge is 0.164 e. The van der Waals surface area contributed by atoms with Gasteiger partial charge in [-0.15, -0.1) is 0 Å². The van der Waals surface area contributed by atoms with Gasteiger partial charge in [-0.05, 0) is 52.2 Å². The number of nitrogens with zero attached hydrogens (tertiary/aromatic N) is 4. The minimum atomic E-state index is 0.620. The zero-order chi connectivity index (χ0) is 35.6. The van der Waals surface area contributed by atoms with Crippen LogP contribution in [-0.2, 0) is 0 Å². The quantitative estimate of drug-likeness (QED) is 0.180. The van der Waals surface area contributed by atoms with Crippen molar-refractivity contribution >= 4 is 54.5 Å². The van der Waals surface area contributed by atoms with Crippen molar-refractivity contribution in [2.75, 3.05) is 0 Å². The third kappa shape index (κ3) is 4.76. The summed E-state index contributed by atoms with van der Waals surface area (Å²) in [7, 11) is 0. The van der Waals surface area contributed by atoms with Crippen LogP contribution in [0.3, 0.4) is 0 Å². The summed E-state index contributed by atoms with van der Waals surface area (Å²) in [6.07, 6.45) is 0. The number of para-hydroxylation sites is 3. The van der Waals surface area contributed by atoms with Gasteiger partial charge in [-0.3, -0.25) is 0 Å². The van der Waals surface area contributed by atoms with Gasteiger partial charge >= 0.3 is 0 Å². The van der Waals surface area contributed by atoms with Crippen LogP contribution in [0.4, 0.5) is 0 Å². The second-order valence-corrected chi connectivity index (χ2v) is 13.6. The molecule has 252 valence electrons. The lowest BCUT2D eigenvalue weighted by Gasteiger charge is -2.11. The van der Waals surface area contributed by atoms with Crippen LogP contribution >= 0.6 is 0 Å². The summed E-state index contributed by atoms with van der Waals surface area (Å²) in [6, 6.07) is 63.2. The lowest BCUT2D eigenvalue weighted by atomic mass is 9.94. The topological polar surface area (TPSA) is 56.7 Å². The highest BCUT2D eigenvalue weighted by Crippen LogP contribution is 2.43. The molecule has 3 heterocycles. The Morgan fingerprint density at radius 3 is 1.50 bits per heavy atom. The number of rotatable bonds is 5. The number of fused-ring (bicyclic) bond motifs is 8. The van der Waals surface area contributed by atoms with Crippen LogP contribution < -0.4 is 0 Å². The van der Waals surface area contributed by atoms with Crippen molar-refractivity contribution in [3.8, 4) is 51.0 Å². The van der Waals surface area contributed by atoms with E-state index in [1.54, 1.807) is 0 Å². The number of furan rings is 1. The Morgan fingerprint density at radius 2 is 0.852 bits per heavy atom. The predicted molar refractivity (Wildman–Crippen MR) is 221 cm³/mol. The van der Waals surface area contributed by atoms with Crippen LogP contribution in [0.5, 0.6) is 0 Å². The average molecular weight is 691 g/mol. The Kier molecular flexibility index (Phi) is 6.79. The molecule has 0 aliphatic rings. The Bertz CT molecular complexity index is 3110. The first kappa shape index (κ1) is 30.3. The summed E-state index contributed by atoms with van der Waals surface area (Å²) in [5.74, 6) is 1.89. The van der Waals surface area contributed by atoms with E-state index in [-0.39, 0.29) is 0 Å². The lowest BCUT2D eigenvalue weighted by molar-refractivity contribution is 0.667. The molecule has 5 heteroatoms. The molecule has 0 bridgehead atoms. The van der Waals surface area contributed by atoms with E-state index in [4.69, 9.17) is 19.4 Å². The number of hydrogen-bond acceptors (Lipinski definition) is 4. The fourth-order valence-electron chi connectivity index (χ4n) is 8.01. The van der Waals surface area contributed by atoms with Gasteiger partial charge in [0.25, 0.3) is 0 Å². The molecule has 0 radical (unpaired) electrons. The zero-order valence-electron chi connectivity index (χ0n) is 29.0. The summed E-state index contributed by atoms with van der Waals surface area (Å²) in [6.45, 7) is 0. The van der Waals surface area contributed by atoms with Crippen LogP contribution in [-0.4, -0.2) is 19.5 Å². The summed E-state index contributed by atoms with van der Waals surface area (Å²) in [5, 5.41) is 6.94. The van der Waals surface area contributed by atoms with Gasteiger partial charge in [0.2, 0.25) is 0 Å². The van der Waals surface area contributed by atoms with Gasteiger partial charge in [0.15, 0.2) is 23.1 Å². The normalized spacial score (nSPS) is 11.7. The SMILES string of the molecule is c1ccc(-c2nc(-c3ccccc3)nc(-c3cccc(-c4cc5oc6c(-n7c8ccccc8c8ccccc87)cccc6c5c5ccccc45)c3)n2)cc1. The monoisotopic (exact) mass is 690 g/mol. The van der Waals surface area contributed by atoms with Gasteiger partial charge in [0.05, 0.1) is 16.7 Å². The van der Waals surface area contributed by atoms with E-state index in [1.165, 1.54) is 10.8 Å². The van der Waals surface area contributed by atoms with Crippen molar-refractivity contribution in [1.82, 2.24) is 19.5 Å². The average Bonchev–Trinajstić information content (AvgIpc) is 3.80. The van der Waals surface area contributed by atoms with E-state index >= 15 is 0 Å². The number of aromatic nitrogens is 4. The molecular formula is C49H30N4O. The van der Waals surface area contributed by atoms with Crippen LogP contribution in [0.25, 0.3) is 105 Å². The summed E-state index contributed by atoms with van der Waals surface area (Å²) in [4.78, 5) is 14.9. The van der Waals surface area contributed by atoms with Gasteiger partial charge in [-0.25, -0.2) is 15.0 Å². The van der Waals surface area contributed by atoms with E-state index in [0.717, 1.165) is 77.2 Å². The van der Waals surface area contributed by atoms with Crippen molar-refractivity contribution in [3.63, 3.8) is 0 Å². The maximum Gasteiger partial charge on any atom is 0.164 e. The molecule has 0 N–H and O–H groups in total. The van der Waals surface area contributed by atoms with E-state index in [0.29, 0.717) is 17.5 Å². The zero-order valence-corrected chi connectivity index (χ0v) is 29.0. The van der Waals surface area contributed by atoms with Gasteiger partial charge < -0.3 is 8.98 Å². The van der Waals surface area contributed by atoms with Gasteiger partial charge in [0, 0.05) is 38.2 Å². The first-order valence-electron chi connectivity index (χ1n) is 18.1. The van der Waals surface area contributed by atoms with Crippen molar-refractivity contribution in [2.24, 2.45) is 0 Å². The molecular weight excluding hydrogens is 661 g/mol. The minimum absolute atomic E-state index is 0.620. The molecule has 8 aromatic carbocycles. The minimum Gasteiger partial charge on any atom is -0.454 e. The maximum absolute atomic E-state index is 6.97. The maximum atomic E-state index is 6.97. The largest absolute Gasteiger partial charge is 0.454 e. The molecule has 11 aromatic rings. The van der Waals surface area contributed by atoms with Crippen LogP contribution in [0.2, 0.25) is 0 Å². The molecule has 0 saturated carbocycles. The van der Waals surface area contributed by atoms with Crippen molar-refractivity contribution < 1.29 is 4.42 Å². The second-order valence-electron chi connectivity index (χ2n) is 13.6. The first-order valence-corrected chi connectivity index (χ1v) is 18.1. The molecule has 0 atom stereocenters. The molecule has 3 aromatic heterocycles. The standard InChI is InChI=1S/C49H30N4O/c1-3-15-31(16-4-1)47-50-48(32-17-5-2-6-18-32)52-49(51-47)34-20-13-19-33(29-34)40-30-44-45(38-24-8-7-21-35(38)40)39-25-14-28-43(46(39)54-44)53-41-26-11-9-22-36(41)37-23-10-12-27-42(37)53/h1-30H. The molecule has 54 heavy (non-hydrogen) atoms. The highest BCUT2D eigenvalue weighted by Gasteiger charge is 2.20.